The zero-order valence-corrected chi connectivity index (χ0v) is 15.0. The molecule has 1 atom stereocenters. The van der Waals surface area contributed by atoms with Gasteiger partial charge in [-0.3, -0.25) is 14.7 Å². The molecule has 0 N–H and O–H groups in total. The van der Waals surface area contributed by atoms with Crippen LogP contribution in [0, 0.1) is 0 Å². The molecule has 126 valence electrons. The van der Waals surface area contributed by atoms with Crippen molar-refractivity contribution >= 4 is 28.7 Å². The minimum Gasteiger partial charge on any atom is -0.340 e. The fourth-order valence-electron chi connectivity index (χ4n) is 3.49. The van der Waals surface area contributed by atoms with Gasteiger partial charge in [-0.15, -0.1) is 11.3 Å². The Kier molecular flexibility index (Phi) is 3.77. The Hall–Kier alpha value is -1.99. The van der Waals surface area contributed by atoms with Gasteiger partial charge >= 0.3 is 0 Å². The summed E-state index contributed by atoms with van der Waals surface area (Å²) in [5, 5.41) is 0. The summed E-state index contributed by atoms with van der Waals surface area (Å²) >= 11 is 1.58. The number of carbonyl (C=O) groups excluding carboxylic acids is 1. The Morgan fingerprint density at radius 1 is 1.29 bits per heavy atom. The van der Waals surface area contributed by atoms with Gasteiger partial charge in [0.25, 0.3) is 5.91 Å². The molecule has 0 aliphatic carbocycles. The highest BCUT2D eigenvalue weighted by Gasteiger charge is 2.41. The fourth-order valence-corrected chi connectivity index (χ4v) is 4.09. The molecule has 2 aliphatic rings. The molecular formula is C17H21N5OS. The molecule has 6 nitrogen and oxygen atoms in total. The topological polar surface area (TPSA) is 52.6 Å². The molecule has 0 bridgehead atoms. The van der Waals surface area contributed by atoms with E-state index in [0.29, 0.717) is 6.04 Å². The molecule has 0 unspecified atom stereocenters. The summed E-state index contributed by atoms with van der Waals surface area (Å²) in [5.74, 6) is 1.06. The lowest BCUT2D eigenvalue weighted by Crippen LogP contribution is -2.63. The number of carbonyl (C=O) groups is 1. The summed E-state index contributed by atoms with van der Waals surface area (Å²) in [5.41, 5.74) is 3.71. The maximum absolute atomic E-state index is 12.9. The van der Waals surface area contributed by atoms with Gasteiger partial charge in [0.2, 0.25) is 0 Å². The average Bonchev–Trinajstić information content (AvgIpc) is 3.13. The number of nitrogens with zero attached hydrogens (tertiary/aromatic N) is 5. The monoisotopic (exact) mass is 343 g/mol. The minimum absolute atomic E-state index is 0.139. The van der Waals surface area contributed by atoms with E-state index in [-0.39, 0.29) is 11.9 Å². The lowest BCUT2D eigenvalue weighted by atomic mass is 10.0. The first-order valence-electron chi connectivity index (χ1n) is 8.23. The number of amides is 1. The fraction of sp³-hybridized carbons (Fsp3) is 0.471. The summed E-state index contributed by atoms with van der Waals surface area (Å²) in [6.07, 6.45) is 3.73. The predicted molar refractivity (Wildman–Crippen MR) is 96.6 cm³/mol. The number of thiazole rings is 1. The van der Waals surface area contributed by atoms with Crippen LogP contribution in [0.25, 0.3) is 10.4 Å². The zero-order valence-electron chi connectivity index (χ0n) is 14.1. The zero-order chi connectivity index (χ0) is 16.8. The molecule has 4 heterocycles. The molecule has 7 heteroatoms. The quantitative estimate of drug-likeness (QED) is 0.836. The number of anilines is 2. The predicted octanol–water partition coefficient (Wildman–Crippen LogP) is 2.08. The van der Waals surface area contributed by atoms with Crippen LogP contribution in [0.5, 0.6) is 0 Å². The molecule has 1 amide bonds. The van der Waals surface area contributed by atoms with Gasteiger partial charge in [-0.25, -0.2) is 4.98 Å². The second kappa shape index (κ2) is 5.82. The van der Waals surface area contributed by atoms with E-state index in [2.05, 4.69) is 34.7 Å². The summed E-state index contributed by atoms with van der Waals surface area (Å²) in [7, 11) is 1.85. The van der Waals surface area contributed by atoms with Crippen LogP contribution in [0.1, 0.15) is 13.8 Å². The van der Waals surface area contributed by atoms with E-state index in [1.165, 1.54) is 0 Å². The highest BCUT2D eigenvalue weighted by Crippen LogP contribution is 2.38. The van der Waals surface area contributed by atoms with Crippen LogP contribution in [0.3, 0.4) is 0 Å². The molecule has 2 aliphatic heterocycles. The van der Waals surface area contributed by atoms with Crippen molar-refractivity contribution < 1.29 is 4.79 Å². The Morgan fingerprint density at radius 2 is 2.12 bits per heavy atom. The molecular weight excluding hydrogens is 322 g/mol. The smallest absolute Gasteiger partial charge is 0.250 e. The van der Waals surface area contributed by atoms with Crippen molar-refractivity contribution in [2.45, 2.75) is 25.9 Å². The van der Waals surface area contributed by atoms with E-state index < -0.39 is 0 Å². The Bertz CT molecular complexity index is 760. The van der Waals surface area contributed by atoms with E-state index in [9.17, 15) is 4.79 Å². The van der Waals surface area contributed by atoms with Crippen molar-refractivity contribution in [2.75, 3.05) is 36.5 Å². The molecule has 1 saturated heterocycles. The molecule has 2 aromatic heterocycles. The Balaban J connectivity index is 1.72. The third kappa shape index (κ3) is 2.39. The summed E-state index contributed by atoms with van der Waals surface area (Å²) in [4.78, 5) is 29.1. The third-order valence-corrected chi connectivity index (χ3v) is 5.78. The number of rotatable bonds is 2. The van der Waals surface area contributed by atoms with E-state index in [1.807, 2.05) is 25.0 Å². The van der Waals surface area contributed by atoms with Crippen molar-refractivity contribution in [3.05, 3.63) is 24.0 Å². The van der Waals surface area contributed by atoms with Gasteiger partial charge in [-0.1, -0.05) is 0 Å². The standard InChI is InChI=1S/C17H21N5OS/c1-11(2)21-4-5-22-14(9-21)17(23)20(3)13-6-12(7-19-16(13)22)15-8-18-10-24-15/h6-8,10-11,14H,4-5,9H2,1-3H3/t14-/m0/s1. The first kappa shape index (κ1) is 15.5. The number of piperazine rings is 1. The maximum Gasteiger partial charge on any atom is 0.250 e. The number of likely N-dealkylation sites (N-methyl/N-ethyl adjacent to an activating group) is 1. The first-order chi connectivity index (χ1) is 11.6. The molecule has 2 aromatic rings. The van der Waals surface area contributed by atoms with Crippen molar-refractivity contribution in [3.8, 4) is 10.4 Å². The van der Waals surface area contributed by atoms with Gasteiger partial charge in [-0.2, -0.15) is 0 Å². The lowest BCUT2D eigenvalue weighted by Gasteiger charge is -2.47. The number of fused-ring (bicyclic) bond motifs is 3. The first-order valence-corrected chi connectivity index (χ1v) is 9.11. The van der Waals surface area contributed by atoms with Crippen molar-refractivity contribution in [2.24, 2.45) is 0 Å². The number of hydrogen-bond acceptors (Lipinski definition) is 6. The lowest BCUT2D eigenvalue weighted by molar-refractivity contribution is -0.121. The SMILES string of the molecule is CC(C)N1CCN2c3ncc(-c4cncs4)cc3N(C)C(=O)[C@@H]2C1. The average molecular weight is 343 g/mol. The molecule has 0 saturated carbocycles. The summed E-state index contributed by atoms with van der Waals surface area (Å²) < 4.78 is 0. The van der Waals surface area contributed by atoms with E-state index in [1.54, 1.807) is 16.2 Å². The second-order valence-electron chi connectivity index (χ2n) is 6.63. The highest BCUT2D eigenvalue weighted by molar-refractivity contribution is 7.13. The van der Waals surface area contributed by atoms with Crippen LogP contribution >= 0.6 is 11.3 Å². The van der Waals surface area contributed by atoms with Crippen LogP contribution in [-0.4, -0.2) is 59.5 Å². The van der Waals surface area contributed by atoms with Crippen LogP contribution in [0.15, 0.2) is 24.0 Å². The van der Waals surface area contributed by atoms with E-state index >= 15 is 0 Å². The minimum atomic E-state index is -0.139. The van der Waals surface area contributed by atoms with Crippen molar-refractivity contribution in [1.29, 1.82) is 0 Å². The van der Waals surface area contributed by atoms with Crippen LogP contribution in [-0.2, 0) is 4.79 Å². The summed E-state index contributed by atoms with van der Waals surface area (Å²) in [6, 6.07) is 2.37. The molecule has 4 rings (SSSR count). The van der Waals surface area contributed by atoms with Gasteiger partial charge in [0.1, 0.15) is 6.04 Å². The van der Waals surface area contributed by atoms with Gasteiger partial charge < -0.3 is 9.80 Å². The number of pyridine rings is 1. The molecule has 0 aromatic carbocycles. The highest BCUT2D eigenvalue weighted by atomic mass is 32.1. The Morgan fingerprint density at radius 3 is 2.83 bits per heavy atom. The Labute approximate surface area is 145 Å². The summed E-state index contributed by atoms with van der Waals surface area (Å²) in [6.45, 7) is 6.92. The molecule has 0 radical (unpaired) electrons. The largest absolute Gasteiger partial charge is 0.340 e. The molecule has 24 heavy (non-hydrogen) atoms. The normalized spacial score (nSPS) is 21.2. The van der Waals surface area contributed by atoms with Gasteiger partial charge in [0.05, 0.1) is 16.1 Å². The van der Waals surface area contributed by atoms with Gasteiger partial charge in [0, 0.05) is 50.7 Å². The number of hydrogen-bond donors (Lipinski definition) is 0. The van der Waals surface area contributed by atoms with Gasteiger partial charge in [-0.05, 0) is 19.9 Å². The van der Waals surface area contributed by atoms with E-state index in [4.69, 9.17) is 4.98 Å². The number of aromatic nitrogens is 2. The van der Waals surface area contributed by atoms with Crippen molar-refractivity contribution in [1.82, 2.24) is 14.9 Å². The maximum atomic E-state index is 12.9. The van der Waals surface area contributed by atoms with E-state index in [0.717, 1.165) is 41.6 Å². The molecule has 1 fully saturated rings. The van der Waals surface area contributed by atoms with Crippen LogP contribution in [0.2, 0.25) is 0 Å². The second-order valence-corrected chi connectivity index (χ2v) is 7.51. The van der Waals surface area contributed by atoms with Crippen LogP contribution in [0.4, 0.5) is 11.5 Å². The van der Waals surface area contributed by atoms with Gasteiger partial charge in [0.15, 0.2) is 5.82 Å². The van der Waals surface area contributed by atoms with Crippen molar-refractivity contribution in [3.63, 3.8) is 0 Å². The van der Waals surface area contributed by atoms with Crippen LogP contribution < -0.4 is 9.80 Å². The third-order valence-electron chi connectivity index (χ3n) is 4.96. The molecule has 0 spiro atoms.